The van der Waals surface area contributed by atoms with Crippen LogP contribution in [0.15, 0.2) is 121 Å². The molecular formula is C36H33N. The summed E-state index contributed by atoms with van der Waals surface area (Å²) in [5.41, 5.74) is 12.9. The number of fused-ring (bicyclic) bond motifs is 3. The highest BCUT2D eigenvalue weighted by Gasteiger charge is 2.35. The molecule has 0 atom stereocenters. The van der Waals surface area contributed by atoms with Crippen molar-refractivity contribution in [2.45, 2.75) is 39.0 Å². The summed E-state index contributed by atoms with van der Waals surface area (Å²) in [6.07, 6.45) is 0. The van der Waals surface area contributed by atoms with Gasteiger partial charge in [0.05, 0.1) is 0 Å². The predicted octanol–water partition coefficient (Wildman–Crippen LogP) is 10.3. The molecule has 0 amide bonds. The van der Waals surface area contributed by atoms with E-state index < -0.39 is 0 Å². The molecule has 6 rings (SSSR count). The van der Waals surface area contributed by atoms with Crippen molar-refractivity contribution in [2.24, 2.45) is 0 Å². The summed E-state index contributed by atoms with van der Waals surface area (Å²) in [7, 11) is 0. The molecular weight excluding hydrogens is 446 g/mol. The van der Waals surface area contributed by atoms with E-state index in [1.165, 1.54) is 44.6 Å². The zero-order valence-corrected chi connectivity index (χ0v) is 22.1. The quantitative estimate of drug-likeness (QED) is 0.242. The Labute approximate surface area is 221 Å². The van der Waals surface area contributed by atoms with Crippen LogP contribution < -0.4 is 4.90 Å². The molecule has 0 bridgehead atoms. The fourth-order valence-corrected chi connectivity index (χ4v) is 5.72. The maximum Gasteiger partial charge on any atom is 0.0462 e. The van der Waals surface area contributed by atoms with Crippen LogP contribution in [0.5, 0.6) is 0 Å². The molecule has 0 heterocycles. The lowest BCUT2D eigenvalue weighted by Gasteiger charge is -2.26. The first-order chi connectivity index (χ1) is 17.9. The van der Waals surface area contributed by atoms with Gasteiger partial charge in [0.15, 0.2) is 0 Å². The number of anilines is 3. The van der Waals surface area contributed by atoms with Crippen molar-refractivity contribution in [1.29, 1.82) is 0 Å². The smallest absolute Gasteiger partial charge is 0.0462 e. The molecule has 0 spiro atoms. The van der Waals surface area contributed by atoms with Crippen LogP contribution >= 0.6 is 0 Å². The summed E-state index contributed by atoms with van der Waals surface area (Å²) in [4.78, 5) is 2.33. The summed E-state index contributed by atoms with van der Waals surface area (Å²) >= 11 is 0. The highest BCUT2D eigenvalue weighted by Crippen LogP contribution is 2.49. The molecule has 1 aliphatic carbocycles. The average Bonchev–Trinajstić information content (AvgIpc) is 3.16. The predicted molar refractivity (Wildman–Crippen MR) is 158 cm³/mol. The summed E-state index contributed by atoms with van der Waals surface area (Å²) in [5.74, 6) is 0.517. The van der Waals surface area contributed by atoms with Gasteiger partial charge in [0.2, 0.25) is 0 Å². The van der Waals surface area contributed by atoms with E-state index >= 15 is 0 Å². The summed E-state index contributed by atoms with van der Waals surface area (Å²) in [5, 5.41) is 0. The van der Waals surface area contributed by atoms with Crippen molar-refractivity contribution in [3.63, 3.8) is 0 Å². The topological polar surface area (TPSA) is 3.24 Å². The molecule has 1 aliphatic rings. The largest absolute Gasteiger partial charge is 0.311 e. The van der Waals surface area contributed by atoms with E-state index in [0.29, 0.717) is 5.92 Å². The van der Waals surface area contributed by atoms with Crippen molar-refractivity contribution in [3.8, 4) is 22.3 Å². The fraction of sp³-hybridized carbons (Fsp3) is 0.167. The maximum absolute atomic E-state index is 2.39. The lowest BCUT2D eigenvalue weighted by Crippen LogP contribution is -2.14. The van der Waals surface area contributed by atoms with E-state index in [2.05, 4.69) is 154 Å². The van der Waals surface area contributed by atoms with Crippen LogP contribution in [0.1, 0.15) is 50.3 Å². The van der Waals surface area contributed by atoms with Crippen molar-refractivity contribution in [2.75, 3.05) is 4.90 Å². The second-order valence-electron chi connectivity index (χ2n) is 10.9. The third kappa shape index (κ3) is 4.05. The van der Waals surface area contributed by atoms with Gasteiger partial charge in [0, 0.05) is 22.5 Å². The first-order valence-electron chi connectivity index (χ1n) is 13.2. The molecule has 182 valence electrons. The van der Waals surface area contributed by atoms with Gasteiger partial charge in [-0.2, -0.15) is 0 Å². The van der Waals surface area contributed by atoms with Gasteiger partial charge in [0.25, 0.3) is 0 Å². The molecule has 0 aromatic heterocycles. The Hall–Kier alpha value is -4.10. The molecule has 0 aliphatic heterocycles. The van der Waals surface area contributed by atoms with E-state index in [4.69, 9.17) is 0 Å². The third-order valence-corrected chi connectivity index (χ3v) is 7.87. The molecule has 0 unspecified atom stereocenters. The Morgan fingerprint density at radius 1 is 0.514 bits per heavy atom. The SMILES string of the molecule is CC(C)c1ccc(N(c2ccccc2)c2ccc(-c3ccc4c(c3)C(C)(C)c3ccccc3-4)cc2)cc1. The number of hydrogen-bond donors (Lipinski definition) is 0. The molecule has 0 saturated carbocycles. The van der Waals surface area contributed by atoms with Crippen LogP contribution in [0.2, 0.25) is 0 Å². The summed E-state index contributed by atoms with van der Waals surface area (Å²) in [6.45, 7) is 9.16. The Morgan fingerprint density at radius 2 is 1.05 bits per heavy atom. The fourth-order valence-electron chi connectivity index (χ4n) is 5.72. The molecule has 0 fully saturated rings. The third-order valence-electron chi connectivity index (χ3n) is 7.87. The van der Waals surface area contributed by atoms with Crippen LogP contribution in [-0.4, -0.2) is 0 Å². The first-order valence-corrected chi connectivity index (χ1v) is 13.2. The van der Waals surface area contributed by atoms with E-state index in [-0.39, 0.29) is 5.41 Å². The van der Waals surface area contributed by atoms with Gasteiger partial charge in [-0.1, -0.05) is 107 Å². The van der Waals surface area contributed by atoms with Gasteiger partial charge in [-0.05, 0) is 87.3 Å². The van der Waals surface area contributed by atoms with Gasteiger partial charge in [-0.25, -0.2) is 0 Å². The normalized spacial score (nSPS) is 13.3. The van der Waals surface area contributed by atoms with E-state index in [0.717, 1.165) is 11.4 Å². The standard InChI is InChI=1S/C36H33N/c1-25(2)26-14-19-30(20-15-26)37(29-10-6-5-7-11-29)31-21-16-27(17-22-31)28-18-23-33-32-12-8-9-13-34(32)36(3,4)35(33)24-28/h5-25H,1-4H3. The maximum atomic E-state index is 2.39. The van der Waals surface area contributed by atoms with Crippen molar-refractivity contribution in [1.82, 2.24) is 0 Å². The molecule has 37 heavy (non-hydrogen) atoms. The van der Waals surface area contributed by atoms with Crippen molar-refractivity contribution < 1.29 is 0 Å². The number of hydrogen-bond acceptors (Lipinski definition) is 1. The zero-order chi connectivity index (χ0) is 25.6. The molecule has 5 aromatic rings. The van der Waals surface area contributed by atoms with Crippen LogP contribution in [-0.2, 0) is 5.41 Å². The minimum Gasteiger partial charge on any atom is -0.311 e. The lowest BCUT2D eigenvalue weighted by atomic mass is 9.81. The number of nitrogens with zero attached hydrogens (tertiary/aromatic N) is 1. The number of benzene rings is 5. The average molecular weight is 480 g/mol. The van der Waals surface area contributed by atoms with Crippen LogP contribution in [0, 0.1) is 0 Å². The Kier molecular flexibility index (Phi) is 5.72. The Morgan fingerprint density at radius 3 is 1.73 bits per heavy atom. The molecule has 0 saturated heterocycles. The minimum absolute atomic E-state index is 0.00807. The highest BCUT2D eigenvalue weighted by molar-refractivity contribution is 5.84. The van der Waals surface area contributed by atoms with Crippen LogP contribution in [0.4, 0.5) is 17.1 Å². The van der Waals surface area contributed by atoms with E-state index in [1.54, 1.807) is 0 Å². The second-order valence-corrected chi connectivity index (χ2v) is 10.9. The van der Waals surface area contributed by atoms with Crippen molar-refractivity contribution >= 4 is 17.1 Å². The van der Waals surface area contributed by atoms with Gasteiger partial charge >= 0.3 is 0 Å². The van der Waals surface area contributed by atoms with Gasteiger partial charge in [-0.15, -0.1) is 0 Å². The number of para-hydroxylation sites is 1. The summed E-state index contributed by atoms with van der Waals surface area (Å²) < 4.78 is 0. The van der Waals surface area contributed by atoms with E-state index in [9.17, 15) is 0 Å². The van der Waals surface area contributed by atoms with Crippen LogP contribution in [0.25, 0.3) is 22.3 Å². The van der Waals surface area contributed by atoms with Crippen molar-refractivity contribution in [3.05, 3.63) is 138 Å². The first kappa shape index (κ1) is 23.3. The molecule has 1 heteroatoms. The summed E-state index contributed by atoms with van der Waals surface area (Å²) in [6, 6.07) is 44.4. The van der Waals surface area contributed by atoms with Gasteiger partial charge < -0.3 is 4.90 Å². The Bertz CT molecular complexity index is 1540. The van der Waals surface area contributed by atoms with Gasteiger partial charge in [0.1, 0.15) is 0 Å². The molecule has 0 radical (unpaired) electrons. The zero-order valence-electron chi connectivity index (χ0n) is 22.1. The molecule has 5 aromatic carbocycles. The second kappa shape index (κ2) is 9.09. The minimum atomic E-state index is 0.00807. The monoisotopic (exact) mass is 479 g/mol. The number of rotatable bonds is 5. The molecule has 1 nitrogen and oxygen atoms in total. The van der Waals surface area contributed by atoms with Crippen LogP contribution in [0.3, 0.4) is 0 Å². The van der Waals surface area contributed by atoms with E-state index in [1.807, 2.05) is 0 Å². The highest BCUT2D eigenvalue weighted by atomic mass is 15.1. The van der Waals surface area contributed by atoms with Gasteiger partial charge in [-0.3, -0.25) is 0 Å². The lowest BCUT2D eigenvalue weighted by molar-refractivity contribution is 0.660. The molecule has 0 N–H and O–H groups in total. The Balaban J connectivity index is 1.37.